The van der Waals surface area contributed by atoms with Gasteiger partial charge in [0.1, 0.15) is 17.8 Å². The van der Waals surface area contributed by atoms with Crippen molar-refractivity contribution < 1.29 is 4.79 Å². The summed E-state index contributed by atoms with van der Waals surface area (Å²) in [6.45, 7) is 6.41. The Bertz CT molecular complexity index is 751. The number of carbonyl (C=O) groups excluding carboxylic acids is 1. The lowest BCUT2D eigenvalue weighted by Gasteiger charge is -2.17. The summed E-state index contributed by atoms with van der Waals surface area (Å²) in [5.41, 5.74) is 3.85. The topological polar surface area (TPSA) is 66.9 Å². The molecule has 1 aliphatic carbocycles. The van der Waals surface area contributed by atoms with Gasteiger partial charge in [-0.2, -0.15) is 0 Å². The number of anilines is 2. The third-order valence-electron chi connectivity index (χ3n) is 4.77. The van der Waals surface area contributed by atoms with Gasteiger partial charge in [-0.3, -0.25) is 4.79 Å². The van der Waals surface area contributed by atoms with Crippen molar-refractivity contribution in [3.8, 4) is 0 Å². The summed E-state index contributed by atoms with van der Waals surface area (Å²) in [5.74, 6) is 0.920. The fourth-order valence-corrected chi connectivity index (χ4v) is 3.35. The van der Waals surface area contributed by atoms with Gasteiger partial charge in [-0.25, -0.2) is 9.97 Å². The maximum absolute atomic E-state index is 12.4. The number of nitrogens with zero attached hydrogens (tertiary/aromatic N) is 2. The molecule has 0 bridgehead atoms. The molecule has 0 radical (unpaired) electrons. The molecule has 1 aliphatic rings. The predicted molar refractivity (Wildman–Crippen MR) is 100 cm³/mol. The maximum atomic E-state index is 12.4. The number of rotatable bonds is 5. The molecule has 25 heavy (non-hydrogen) atoms. The number of hydrogen-bond donors (Lipinski definition) is 2. The van der Waals surface area contributed by atoms with E-state index in [9.17, 15) is 4.79 Å². The second-order valence-corrected chi connectivity index (χ2v) is 7.06. The Labute approximate surface area is 149 Å². The van der Waals surface area contributed by atoms with Crippen molar-refractivity contribution in [2.75, 3.05) is 5.32 Å². The van der Waals surface area contributed by atoms with E-state index in [1.807, 2.05) is 0 Å². The molecule has 2 N–H and O–H groups in total. The number of carbonyl (C=O) groups is 1. The Morgan fingerprint density at radius 1 is 1.20 bits per heavy atom. The van der Waals surface area contributed by atoms with Crippen LogP contribution in [0.5, 0.6) is 0 Å². The molecule has 5 nitrogen and oxygen atoms in total. The molecule has 0 unspecified atom stereocenters. The van der Waals surface area contributed by atoms with E-state index in [1.54, 1.807) is 6.07 Å². The first-order valence-electron chi connectivity index (χ1n) is 9.04. The first-order valence-corrected chi connectivity index (χ1v) is 9.04. The van der Waals surface area contributed by atoms with Gasteiger partial charge in [0.25, 0.3) is 5.91 Å². The fourth-order valence-electron chi connectivity index (χ4n) is 3.35. The highest BCUT2D eigenvalue weighted by Gasteiger charge is 2.19. The number of nitrogens with one attached hydrogen (secondary N) is 2. The Morgan fingerprint density at radius 2 is 1.96 bits per heavy atom. The van der Waals surface area contributed by atoms with Crippen LogP contribution < -0.4 is 10.6 Å². The maximum Gasteiger partial charge on any atom is 0.270 e. The Balaban J connectivity index is 1.79. The standard InChI is InChI=1S/C20H26N4O/c1-13(2)16-10-6-7-14(3)19(16)24-18-11-17(21-12-22-18)20(25)23-15-8-4-5-9-15/h6-7,10-13,15H,4-5,8-9H2,1-3H3,(H,23,25)(H,21,22,24). The summed E-state index contributed by atoms with van der Waals surface area (Å²) < 4.78 is 0. The van der Waals surface area contributed by atoms with Gasteiger partial charge in [-0.15, -0.1) is 0 Å². The minimum absolute atomic E-state index is 0.119. The zero-order valence-electron chi connectivity index (χ0n) is 15.2. The summed E-state index contributed by atoms with van der Waals surface area (Å²) in [6, 6.07) is 8.26. The number of benzene rings is 1. The van der Waals surface area contributed by atoms with Gasteiger partial charge >= 0.3 is 0 Å². The predicted octanol–water partition coefficient (Wildman–Crippen LogP) is 4.32. The molecular formula is C20H26N4O. The van der Waals surface area contributed by atoms with Gasteiger partial charge in [0.15, 0.2) is 0 Å². The van der Waals surface area contributed by atoms with E-state index in [0.717, 1.165) is 24.1 Å². The molecule has 3 rings (SSSR count). The summed E-state index contributed by atoms with van der Waals surface area (Å²) in [5, 5.41) is 6.45. The molecule has 5 heteroatoms. The number of aryl methyl sites for hydroxylation is 1. The highest BCUT2D eigenvalue weighted by atomic mass is 16.1. The van der Waals surface area contributed by atoms with Gasteiger partial charge < -0.3 is 10.6 Å². The molecule has 0 aliphatic heterocycles. The molecule has 1 aromatic heterocycles. The van der Waals surface area contributed by atoms with Crippen LogP contribution in [0, 0.1) is 6.92 Å². The molecule has 132 valence electrons. The van der Waals surface area contributed by atoms with Crippen LogP contribution in [0.15, 0.2) is 30.6 Å². The zero-order chi connectivity index (χ0) is 17.8. The van der Waals surface area contributed by atoms with E-state index in [4.69, 9.17) is 0 Å². The second kappa shape index (κ2) is 7.64. The Kier molecular flexibility index (Phi) is 5.31. The van der Waals surface area contributed by atoms with Crippen molar-refractivity contribution in [2.45, 2.75) is 58.4 Å². The molecule has 0 saturated heterocycles. The summed E-state index contributed by atoms with van der Waals surface area (Å²) >= 11 is 0. The average molecular weight is 338 g/mol. The van der Waals surface area contributed by atoms with Crippen molar-refractivity contribution in [2.24, 2.45) is 0 Å². The first kappa shape index (κ1) is 17.4. The van der Waals surface area contributed by atoms with Crippen LogP contribution in [-0.4, -0.2) is 21.9 Å². The summed E-state index contributed by atoms with van der Waals surface area (Å²) in [7, 11) is 0. The highest BCUT2D eigenvalue weighted by Crippen LogP contribution is 2.29. The summed E-state index contributed by atoms with van der Waals surface area (Å²) in [6.07, 6.45) is 5.94. The van der Waals surface area contributed by atoms with Crippen LogP contribution in [0.25, 0.3) is 0 Å². The minimum atomic E-state index is -0.119. The largest absolute Gasteiger partial charge is 0.348 e. The number of amides is 1. The van der Waals surface area contributed by atoms with Crippen molar-refractivity contribution in [1.82, 2.24) is 15.3 Å². The third-order valence-corrected chi connectivity index (χ3v) is 4.77. The smallest absolute Gasteiger partial charge is 0.270 e. The van der Waals surface area contributed by atoms with E-state index in [-0.39, 0.29) is 11.9 Å². The van der Waals surface area contributed by atoms with Crippen molar-refractivity contribution in [3.05, 3.63) is 47.4 Å². The van der Waals surface area contributed by atoms with Crippen molar-refractivity contribution in [3.63, 3.8) is 0 Å². The highest BCUT2D eigenvalue weighted by molar-refractivity contribution is 5.93. The lowest BCUT2D eigenvalue weighted by atomic mass is 9.98. The van der Waals surface area contributed by atoms with Gasteiger partial charge in [0.05, 0.1) is 0 Å². The van der Waals surface area contributed by atoms with E-state index >= 15 is 0 Å². The monoisotopic (exact) mass is 338 g/mol. The Morgan fingerprint density at radius 3 is 2.68 bits per heavy atom. The van der Waals surface area contributed by atoms with Crippen LogP contribution in [0.3, 0.4) is 0 Å². The zero-order valence-corrected chi connectivity index (χ0v) is 15.2. The molecule has 1 saturated carbocycles. The van der Waals surface area contributed by atoms with E-state index in [0.29, 0.717) is 17.4 Å². The third kappa shape index (κ3) is 4.16. The second-order valence-electron chi connectivity index (χ2n) is 7.06. The van der Waals surface area contributed by atoms with Crippen molar-refractivity contribution >= 4 is 17.4 Å². The van der Waals surface area contributed by atoms with Crippen LogP contribution >= 0.6 is 0 Å². The van der Waals surface area contributed by atoms with Gasteiger partial charge in [-0.1, -0.05) is 44.9 Å². The van der Waals surface area contributed by atoms with E-state index < -0.39 is 0 Å². The lowest BCUT2D eigenvalue weighted by Crippen LogP contribution is -2.33. The number of hydrogen-bond acceptors (Lipinski definition) is 4. The summed E-state index contributed by atoms with van der Waals surface area (Å²) in [4.78, 5) is 20.8. The molecular weight excluding hydrogens is 312 g/mol. The molecule has 1 amide bonds. The van der Waals surface area contributed by atoms with Gasteiger partial charge in [0.2, 0.25) is 0 Å². The average Bonchev–Trinajstić information content (AvgIpc) is 3.09. The normalized spacial score (nSPS) is 14.7. The van der Waals surface area contributed by atoms with Crippen LogP contribution in [0.1, 0.15) is 67.1 Å². The molecule has 1 fully saturated rings. The lowest BCUT2D eigenvalue weighted by molar-refractivity contribution is 0.0932. The van der Waals surface area contributed by atoms with Gasteiger partial charge in [-0.05, 0) is 36.8 Å². The molecule has 1 heterocycles. The molecule has 0 atom stereocenters. The SMILES string of the molecule is Cc1cccc(C(C)C)c1Nc1cc(C(=O)NC2CCCC2)ncn1. The molecule has 1 aromatic carbocycles. The first-order chi connectivity index (χ1) is 12.0. The van der Waals surface area contributed by atoms with E-state index in [2.05, 4.69) is 59.6 Å². The van der Waals surface area contributed by atoms with Crippen LogP contribution in [0.2, 0.25) is 0 Å². The van der Waals surface area contributed by atoms with Gasteiger partial charge in [0, 0.05) is 17.8 Å². The van der Waals surface area contributed by atoms with Crippen LogP contribution in [-0.2, 0) is 0 Å². The van der Waals surface area contributed by atoms with E-state index in [1.165, 1.54) is 24.7 Å². The quantitative estimate of drug-likeness (QED) is 0.852. The van der Waals surface area contributed by atoms with Crippen LogP contribution in [0.4, 0.5) is 11.5 Å². The Hall–Kier alpha value is -2.43. The molecule has 0 spiro atoms. The van der Waals surface area contributed by atoms with Crippen molar-refractivity contribution in [1.29, 1.82) is 0 Å². The number of aromatic nitrogens is 2. The molecule has 2 aromatic rings. The number of para-hydroxylation sites is 1. The fraction of sp³-hybridized carbons (Fsp3) is 0.450. The minimum Gasteiger partial charge on any atom is -0.348 e.